The lowest BCUT2D eigenvalue weighted by Crippen LogP contribution is -2.30. The number of nitrogens with zero attached hydrogens (tertiary/aromatic N) is 2. The molecule has 2 aromatic rings. The molecule has 1 atom stereocenters. The van der Waals surface area contributed by atoms with E-state index in [1.54, 1.807) is 11.3 Å². The van der Waals surface area contributed by atoms with Gasteiger partial charge in [-0.15, -0.1) is 11.3 Å². The first-order chi connectivity index (χ1) is 8.26. The lowest BCUT2D eigenvalue weighted by atomic mass is 10.1. The lowest BCUT2D eigenvalue weighted by molar-refractivity contribution is 0.535. The lowest BCUT2D eigenvalue weighted by Gasteiger charge is -2.16. The SMILES string of the molecule is CCc1ccsc1C(Cc1nccn1C)NN. The molecule has 2 heterocycles. The van der Waals surface area contributed by atoms with E-state index in [4.69, 9.17) is 5.84 Å². The van der Waals surface area contributed by atoms with Gasteiger partial charge in [0, 0.05) is 30.7 Å². The van der Waals surface area contributed by atoms with Gasteiger partial charge in [0.1, 0.15) is 5.82 Å². The van der Waals surface area contributed by atoms with Crippen LogP contribution < -0.4 is 11.3 Å². The summed E-state index contributed by atoms with van der Waals surface area (Å²) in [6.07, 6.45) is 5.63. The van der Waals surface area contributed by atoms with Crippen molar-refractivity contribution in [2.24, 2.45) is 12.9 Å². The third kappa shape index (κ3) is 2.57. The molecular weight excluding hydrogens is 232 g/mol. The van der Waals surface area contributed by atoms with E-state index in [2.05, 4.69) is 28.8 Å². The van der Waals surface area contributed by atoms with Crippen molar-refractivity contribution in [3.63, 3.8) is 0 Å². The van der Waals surface area contributed by atoms with E-state index < -0.39 is 0 Å². The van der Waals surface area contributed by atoms with Gasteiger partial charge in [0.2, 0.25) is 0 Å². The van der Waals surface area contributed by atoms with Crippen LogP contribution in [0, 0.1) is 0 Å². The summed E-state index contributed by atoms with van der Waals surface area (Å²) in [6.45, 7) is 2.17. The van der Waals surface area contributed by atoms with E-state index in [1.165, 1.54) is 10.4 Å². The molecule has 0 aliphatic rings. The van der Waals surface area contributed by atoms with Gasteiger partial charge >= 0.3 is 0 Å². The summed E-state index contributed by atoms with van der Waals surface area (Å²) < 4.78 is 2.03. The van der Waals surface area contributed by atoms with Crippen molar-refractivity contribution in [2.45, 2.75) is 25.8 Å². The van der Waals surface area contributed by atoms with Crippen LogP contribution >= 0.6 is 11.3 Å². The Labute approximate surface area is 105 Å². The second-order valence-electron chi connectivity index (χ2n) is 4.04. The van der Waals surface area contributed by atoms with Crippen molar-refractivity contribution in [2.75, 3.05) is 0 Å². The van der Waals surface area contributed by atoms with Crippen LogP contribution in [-0.4, -0.2) is 9.55 Å². The van der Waals surface area contributed by atoms with Crippen molar-refractivity contribution in [1.82, 2.24) is 15.0 Å². The number of thiophene rings is 1. The fourth-order valence-corrected chi connectivity index (χ4v) is 3.01. The van der Waals surface area contributed by atoms with E-state index >= 15 is 0 Å². The fourth-order valence-electron chi connectivity index (χ4n) is 1.95. The van der Waals surface area contributed by atoms with Crippen LogP contribution in [0.2, 0.25) is 0 Å². The highest BCUT2D eigenvalue weighted by Crippen LogP contribution is 2.26. The number of nitrogens with one attached hydrogen (secondary N) is 1. The number of rotatable bonds is 5. The van der Waals surface area contributed by atoms with E-state index in [0.717, 1.165) is 18.7 Å². The van der Waals surface area contributed by atoms with E-state index in [0.29, 0.717) is 0 Å². The van der Waals surface area contributed by atoms with Gasteiger partial charge in [-0.1, -0.05) is 6.92 Å². The molecule has 0 saturated heterocycles. The van der Waals surface area contributed by atoms with Gasteiger partial charge in [0.25, 0.3) is 0 Å². The normalized spacial score (nSPS) is 12.9. The summed E-state index contributed by atoms with van der Waals surface area (Å²) in [5.74, 6) is 6.72. The largest absolute Gasteiger partial charge is 0.338 e. The molecular formula is C12H18N4S. The average Bonchev–Trinajstić information content (AvgIpc) is 2.95. The number of hydrazine groups is 1. The minimum absolute atomic E-state index is 0.144. The number of hydrogen-bond donors (Lipinski definition) is 2. The molecule has 0 aliphatic heterocycles. The fraction of sp³-hybridized carbons (Fsp3) is 0.417. The summed E-state index contributed by atoms with van der Waals surface area (Å²) in [7, 11) is 2.01. The first-order valence-electron chi connectivity index (χ1n) is 5.74. The Morgan fingerprint density at radius 2 is 2.41 bits per heavy atom. The third-order valence-corrected chi connectivity index (χ3v) is 4.06. The molecule has 0 spiro atoms. The standard InChI is InChI=1S/C12H18N4S/c1-3-9-4-7-17-12(9)10(15-13)8-11-14-5-6-16(11)2/h4-7,10,15H,3,8,13H2,1-2H3. The molecule has 0 aromatic carbocycles. The smallest absolute Gasteiger partial charge is 0.110 e. The van der Waals surface area contributed by atoms with Crippen LogP contribution in [0.15, 0.2) is 23.8 Å². The number of nitrogens with two attached hydrogens (primary N) is 1. The molecule has 92 valence electrons. The summed E-state index contributed by atoms with van der Waals surface area (Å²) in [6, 6.07) is 2.31. The molecule has 2 rings (SSSR count). The summed E-state index contributed by atoms with van der Waals surface area (Å²) in [5.41, 5.74) is 4.27. The van der Waals surface area contributed by atoms with Crippen molar-refractivity contribution in [3.8, 4) is 0 Å². The Hall–Kier alpha value is -1.17. The highest BCUT2D eigenvalue weighted by atomic mass is 32.1. The quantitative estimate of drug-likeness (QED) is 0.628. The zero-order valence-electron chi connectivity index (χ0n) is 10.2. The summed E-state index contributed by atoms with van der Waals surface area (Å²) in [5, 5.41) is 2.12. The zero-order chi connectivity index (χ0) is 12.3. The van der Waals surface area contributed by atoms with Crippen LogP contribution in [0.1, 0.15) is 29.2 Å². The maximum absolute atomic E-state index is 5.67. The predicted molar refractivity (Wildman–Crippen MR) is 70.7 cm³/mol. The molecule has 5 heteroatoms. The Balaban J connectivity index is 2.20. The molecule has 3 N–H and O–H groups in total. The monoisotopic (exact) mass is 250 g/mol. The van der Waals surface area contributed by atoms with Crippen LogP contribution in [0.25, 0.3) is 0 Å². The van der Waals surface area contributed by atoms with Crippen LogP contribution in [-0.2, 0) is 19.9 Å². The number of imidazole rings is 1. The van der Waals surface area contributed by atoms with E-state index in [-0.39, 0.29) is 6.04 Å². The van der Waals surface area contributed by atoms with Crippen LogP contribution in [0.4, 0.5) is 0 Å². The second kappa shape index (κ2) is 5.44. The van der Waals surface area contributed by atoms with Crippen LogP contribution in [0.3, 0.4) is 0 Å². The van der Waals surface area contributed by atoms with E-state index in [9.17, 15) is 0 Å². The molecule has 0 aliphatic carbocycles. The van der Waals surface area contributed by atoms with E-state index in [1.807, 2.05) is 24.0 Å². The summed E-state index contributed by atoms with van der Waals surface area (Å²) in [4.78, 5) is 5.66. The maximum atomic E-state index is 5.67. The Bertz CT molecular complexity index is 474. The zero-order valence-corrected chi connectivity index (χ0v) is 11.0. The van der Waals surface area contributed by atoms with Gasteiger partial charge in [-0.3, -0.25) is 11.3 Å². The van der Waals surface area contributed by atoms with Crippen LogP contribution in [0.5, 0.6) is 0 Å². The highest BCUT2D eigenvalue weighted by Gasteiger charge is 2.17. The van der Waals surface area contributed by atoms with Gasteiger partial charge in [0.15, 0.2) is 0 Å². The predicted octanol–water partition coefficient (Wildman–Crippen LogP) is 1.79. The third-order valence-electron chi connectivity index (χ3n) is 2.99. The van der Waals surface area contributed by atoms with Gasteiger partial charge in [0.05, 0.1) is 6.04 Å². The highest BCUT2D eigenvalue weighted by molar-refractivity contribution is 7.10. The van der Waals surface area contributed by atoms with Gasteiger partial charge < -0.3 is 4.57 Å². The summed E-state index contributed by atoms with van der Waals surface area (Å²) >= 11 is 1.75. The molecule has 4 nitrogen and oxygen atoms in total. The molecule has 2 aromatic heterocycles. The molecule has 17 heavy (non-hydrogen) atoms. The van der Waals surface area contributed by atoms with Gasteiger partial charge in [-0.25, -0.2) is 4.98 Å². The first-order valence-corrected chi connectivity index (χ1v) is 6.62. The minimum Gasteiger partial charge on any atom is -0.338 e. The molecule has 0 amide bonds. The number of aromatic nitrogens is 2. The first kappa shape index (κ1) is 12.3. The van der Waals surface area contributed by atoms with Gasteiger partial charge in [-0.05, 0) is 23.4 Å². The average molecular weight is 250 g/mol. The van der Waals surface area contributed by atoms with Crippen molar-refractivity contribution in [3.05, 3.63) is 40.1 Å². The Morgan fingerprint density at radius 1 is 1.59 bits per heavy atom. The second-order valence-corrected chi connectivity index (χ2v) is 4.99. The molecule has 0 fully saturated rings. The number of hydrogen-bond acceptors (Lipinski definition) is 4. The Morgan fingerprint density at radius 3 is 3.00 bits per heavy atom. The van der Waals surface area contributed by atoms with Gasteiger partial charge in [-0.2, -0.15) is 0 Å². The molecule has 0 saturated carbocycles. The molecule has 0 radical (unpaired) electrons. The maximum Gasteiger partial charge on any atom is 0.110 e. The van der Waals surface area contributed by atoms with Crippen molar-refractivity contribution in [1.29, 1.82) is 0 Å². The Kier molecular flexibility index (Phi) is 3.93. The van der Waals surface area contributed by atoms with Crippen molar-refractivity contribution < 1.29 is 0 Å². The van der Waals surface area contributed by atoms with Crippen molar-refractivity contribution >= 4 is 11.3 Å². The number of aryl methyl sites for hydroxylation is 2. The molecule has 0 bridgehead atoms. The topological polar surface area (TPSA) is 55.9 Å². The minimum atomic E-state index is 0.144. The molecule has 1 unspecified atom stereocenters.